The number of carbonyl (C=O) groups is 1. The summed E-state index contributed by atoms with van der Waals surface area (Å²) >= 11 is 0. The van der Waals surface area contributed by atoms with Gasteiger partial charge in [0.25, 0.3) is 0 Å². The van der Waals surface area contributed by atoms with Crippen LogP contribution in [0.5, 0.6) is 5.75 Å². The number of pyridine rings is 1. The molecule has 1 aromatic carbocycles. The second-order valence-electron chi connectivity index (χ2n) is 5.34. The van der Waals surface area contributed by atoms with E-state index in [1.165, 1.54) is 0 Å². The summed E-state index contributed by atoms with van der Waals surface area (Å²) in [7, 11) is 0. The summed E-state index contributed by atoms with van der Waals surface area (Å²) in [6.07, 6.45) is 1.80. The van der Waals surface area contributed by atoms with E-state index in [0.29, 0.717) is 29.3 Å². The highest BCUT2D eigenvalue weighted by atomic mass is 16.5. The van der Waals surface area contributed by atoms with Crippen molar-refractivity contribution in [3.63, 3.8) is 0 Å². The molecule has 0 bridgehead atoms. The van der Waals surface area contributed by atoms with E-state index in [4.69, 9.17) is 9.15 Å². The van der Waals surface area contributed by atoms with E-state index in [9.17, 15) is 4.79 Å². The second kappa shape index (κ2) is 5.64. The van der Waals surface area contributed by atoms with E-state index in [1.807, 2.05) is 37.3 Å². The number of benzene rings is 1. The zero-order chi connectivity index (χ0) is 15.7. The van der Waals surface area contributed by atoms with Crippen LogP contribution in [0.3, 0.4) is 0 Å². The molecule has 0 atom stereocenters. The van der Waals surface area contributed by atoms with Gasteiger partial charge in [-0.25, -0.2) is 0 Å². The molecule has 3 aromatic rings. The van der Waals surface area contributed by atoms with E-state index < -0.39 is 0 Å². The molecule has 0 aliphatic heterocycles. The van der Waals surface area contributed by atoms with Crippen LogP contribution in [0.15, 0.2) is 40.9 Å². The molecular weight excluding hydrogens is 278 g/mol. The Labute approximate surface area is 128 Å². The summed E-state index contributed by atoms with van der Waals surface area (Å²) in [5.41, 5.74) is 3.30. The van der Waals surface area contributed by atoms with E-state index in [-0.39, 0.29) is 5.78 Å². The zero-order valence-corrected chi connectivity index (χ0v) is 12.8. The molecule has 4 nitrogen and oxygen atoms in total. The largest absolute Gasteiger partial charge is 0.489 e. The molecule has 0 aliphatic carbocycles. The number of rotatable bonds is 4. The number of hydrogen-bond donors (Lipinski definition) is 0. The smallest absolute Gasteiger partial charge is 0.163 e. The fourth-order valence-corrected chi connectivity index (χ4v) is 2.48. The first-order valence-corrected chi connectivity index (χ1v) is 7.13. The molecule has 2 aromatic heterocycles. The van der Waals surface area contributed by atoms with Crippen molar-refractivity contribution in [3.8, 4) is 5.75 Å². The van der Waals surface area contributed by atoms with Gasteiger partial charge in [0.15, 0.2) is 5.78 Å². The second-order valence-corrected chi connectivity index (χ2v) is 5.34. The van der Waals surface area contributed by atoms with Crippen molar-refractivity contribution in [2.24, 2.45) is 0 Å². The molecule has 0 radical (unpaired) electrons. The van der Waals surface area contributed by atoms with Gasteiger partial charge in [-0.15, -0.1) is 0 Å². The Hall–Kier alpha value is -2.62. The van der Waals surface area contributed by atoms with Crippen molar-refractivity contribution in [2.45, 2.75) is 27.4 Å². The van der Waals surface area contributed by atoms with Gasteiger partial charge in [0.1, 0.15) is 23.7 Å². The maximum Gasteiger partial charge on any atom is 0.163 e. The first kappa shape index (κ1) is 14.3. The fourth-order valence-electron chi connectivity index (χ4n) is 2.48. The Balaban J connectivity index is 1.86. The van der Waals surface area contributed by atoms with Crippen LogP contribution < -0.4 is 4.74 Å². The SMILES string of the molecule is CC(=O)c1c(C)oc2ccc(OCc3ccc(C)nc3)cc12. The molecule has 0 saturated heterocycles. The average Bonchev–Trinajstić information content (AvgIpc) is 2.82. The summed E-state index contributed by atoms with van der Waals surface area (Å²) in [6.45, 7) is 5.73. The van der Waals surface area contributed by atoms with Crippen molar-refractivity contribution >= 4 is 16.8 Å². The monoisotopic (exact) mass is 295 g/mol. The Morgan fingerprint density at radius 3 is 2.73 bits per heavy atom. The van der Waals surface area contributed by atoms with Gasteiger partial charge in [0.05, 0.1) is 5.56 Å². The fraction of sp³-hybridized carbons (Fsp3) is 0.222. The third-order valence-electron chi connectivity index (χ3n) is 3.57. The number of nitrogens with zero attached hydrogens (tertiary/aromatic N) is 1. The minimum absolute atomic E-state index is 0.00358. The van der Waals surface area contributed by atoms with Gasteiger partial charge in [0, 0.05) is 22.8 Å². The summed E-state index contributed by atoms with van der Waals surface area (Å²) < 4.78 is 11.4. The van der Waals surface area contributed by atoms with E-state index in [1.54, 1.807) is 20.0 Å². The van der Waals surface area contributed by atoms with Gasteiger partial charge in [0.2, 0.25) is 0 Å². The number of ketones is 1. The van der Waals surface area contributed by atoms with E-state index in [0.717, 1.165) is 16.6 Å². The van der Waals surface area contributed by atoms with Crippen LogP contribution in [0.2, 0.25) is 0 Å². The third kappa shape index (κ3) is 2.72. The third-order valence-corrected chi connectivity index (χ3v) is 3.57. The van der Waals surface area contributed by atoms with Gasteiger partial charge >= 0.3 is 0 Å². The van der Waals surface area contributed by atoms with Crippen LogP contribution >= 0.6 is 0 Å². The van der Waals surface area contributed by atoms with E-state index in [2.05, 4.69) is 4.98 Å². The number of hydrogen-bond acceptors (Lipinski definition) is 4. The molecule has 0 aliphatic rings. The van der Waals surface area contributed by atoms with Crippen molar-refractivity contribution in [1.29, 1.82) is 0 Å². The minimum atomic E-state index is -0.00358. The predicted molar refractivity (Wildman–Crippen MR) is 84.3 cm³/mol. The normalized spacial score (nSPS) is 10.9. The number of Topliss-reactive ketones (excluding diaryl/α,β-unsaturated/α-hetero) is 1. The number of ether oxygens (including phenoxy) is 1. The lowest BCUT2D eigenvalue weighted by Gasteiger charge is -2.06. The van der Waals surface area contributed by atoms with Crippen molar-refractivity contribution in [3.05, 3.63) is 59.1 Å². The Morgan fingerprint density at radius 2 is 2.05 bits per heavy atom. The molecule has 0 N–H and O–H groups in total. The van der Waals surface area contributed by atoms with Crippen LogP contribution in [0.4, 0.5) is 0 Å². The molecular formula is C18H17NO3. The molecule has 112 valence electrons. The van der Waals surface area contributed by atoms with Crippen LogP contribution in [0.1, 0.15) is 34.3 Å². The summed E-state index contributed by atoms with van der Waals surface area (Å²) in [5, 5.41) is 0.796. The van der Waals surface area contributed by atoms with Gasteiger partial charge in [-0.1, -0.05) is 6.07 Å². The number of carbonyl (C=O) groups excluding carboxylic acids is 1. The molecule has 22 heavy (non-hydrogen) atoms. The summed E-state index contributed by atoms with van der Waals surface area (Å²) in [4.78, 5) is 16.0. The Morgan fingerprint density at radius 1 is 1.23 bits per heavy atom. The topological polar surface area (TPSA) is 52.3 Å². The van der Waals surface area contributed by atoms with Gasteiger partial charge in [-0.05, 0) is 45.0 Å². The van der Waals surface area contributed by atoms with Crippen LogP contribution in [0.25, 0.3) is 11.0 Å². The average molecular weight is 295 g/mol. The highest BCUT2D eigenvalue weighted by molar-refractivity contribution is 6.07. The maximum atomic E-state index is 11.8. The molecule has 0 fully saturated rings. The minimum Gasteiger partial charge on any atom is -0.489 e. The molecule has 0 spiro atoms. The molecule has 3 rings (SSSR count). The zero-order valence-electron chi connectivity index (χ0n) is 12.8. The van der Waals surface area contributed by atoms with Crippen molar-refractivity contribution in [1.82, 2.24) is 4.98 Å². The molecule has 0 amide bonds. The Kier molecular flexibility index (Phi) is 3.67. The lowest BCUT2D eigenvalue weighted by Crippen LogP contribution is -1.97. The number of fused-ring (bicyclic) bond motifs is 1. The summed E-state index contributed by atoms with van der Waals surface area (Å²) in [6, 6.07) is 9.47. The predicted octanol–water partition coefficient (Wildman–Crippen LogP) is 4.23. The molecule has 4 heteroatoms. The van der Waals surface area contributed by atoms with Gasteiger partial charge in [-0.3, -0.25) is 9.78 Å². The maximum absolute atomic E-state index is 11.8. The summed E-state index contributed by atoms with van der Waals surface area (Å²) in [5.74, 6) is 1.34. The van der Waals surface area contributed by atoms with Crippen LogP contribution in [0, 0.1) is 13.8 Å². The van der Waals surface area contributed by atoms with E-state index >= 15 is 0 Å². The van der Waals surface area contributed by atoms with Crippen LogP contribution in [-0.2, 0) is 6.61 Å². The van der Waals surface area contributed by atoms with Crippen molar-refractivity contribution in [2.75, 3.05) is 0 Å². The Bertz CT molecular complexity index is 831. The van der Waals surface area contributed by atoms with Gasteiger partial charge < -0.3 is 9.15 Å². The highest BCUT2D eigenvalue weighted by Gasteiger charge is 2.15. The lowest BCUT2D eigenvalue weighted by atomic mass is 10.1. The standard InChI is InChI=1S/C18H17NO3/c1-11-4-5-14(9-19-11)10-21-15-6-7-17-16(8-15)18(12(2)20)13(3)22-17/h4-9H,10H2,1-3H3. The van der Waals surface area contributed by atoms with Gasteiger partial charge in [-0.2, -0.15) is 0 Å². The first-order chi connectivity index (χ1) is 10.5. The highest BCUT2D eigenvalue weighted by Crippen LogP contribution is 2.29. The number of furan rings is 1. The first-order valence-electron chi connectivity index (χ1n) is 7.13. The number of aryl methyl sites for hydroxylation is 2. The molecule has 2 heterocycles. The quantitative estimate of drug-likeness (QED) is 0.676. The molecule has 0 unspecified atom stereocenters. The lowest BCUT2D eigenvalue weighted by molar-refractivity contribution is 0.101. The van der Waals surface area contributed by atoms with Crippen molar-refractivity contribution < 1.29 is 13.9 Å². The molecule has 0 saturated carbocycles. The van der Waals surface area contributed by atoms with Crippen LogP contribution in [-0.4, -0.2) is 10.8 Å². The number of aromatic nitrogens is 1.